The average Bonchev–Trinajstić information content (AvgIpc) is 3.13. The number of thioether (sulfide) groups is 2. The van der Waals surface area contributed by atoms with E-state index in [4.69, 9.17) is 16.6 Å². The number of nitrogens with zero attached hydrogens (tertiary/aromatic N) is 2. The SMILES string of the molecule is Cc1cc(C)cc(-n2c(SCC(=O)Nc3cc(C(F)(F)F)ccc3Cl)nc3c(c2=O)S[C@@H](C)C3)c1. The van der Waals surface area contributed by atoms with E-state index < -0.39 is 17.6 Å². The smallest absolute Gasteiger partial charge is 0.324 e. The van der Waals surface area contributed by atoms with E-state index >= 15 is 0 Å². The fourth-order valence-corrected chi connectivity index (χ4v) is 5.91. The minimum Gasteiger partial charge on any atom is -0.324 e. The van der Waals surface area contributed by atoms with E-state index in [9.17, 15) is 22.8 Å². The van der Waals surface area contributed by atoms with Crippen LogP contribution in [0.2, 0.25) is 5.02 Å². The number of alkyl halides is 3. The van der Waals surface area contributed by atoms with Gasteiger partial charge in [-0.1, -0.05) is 36.4 Å². The predicted octanol–water partition coefficient (Wildman–Crippen LogP) is 6.29. The van der Waals surface area contributed by atoms with Crippen molar-refractivity contribution in [3.63, 3.8) is 0 Å². The van der Waals surface area contributed by atoms with Crippen LogP contribution in [0.4, 0.5) is 18.9 Å². The van der Waals surface area contributed by atoms with Crippen molar-refractivity contribution in [3.05, 3.63) is 74.2 Å². The number of rotatable bonds is 5. The number of nitrogens with one attached hydrogen (secondary N) is 1. The van der Waals surface area contributed by atoms with Gasteiger partial charge in [-0.2, -0.15) is 13.2 Å². The lowest BCUT2D eigenvalue weighted by Crippen LogP contribution is -2.25. The van der Waals surface area contributed by atoms with Gasteiger partial charge in [0.05, 0.1) is 38.3 Å². The van der Waals surface area contributed by atoms with Crippen LogP contribution in [0.5, 0.6) is 0 Å². The molecular formula is C24H21ClF3N3O2S2. The summed E-state index contributed by atoms with van der Waals surface area (Å²) in [5.74, 6) is -0.744. The van der Waals surface area contributed by atoms with Crippen LogP contribution in [0.3, 0.4) is 0 Å². The molecule has 0 unspecified atom stereocenters. The van der Waals surface area contributed by atoms with Crippen molar-refractivity contribution in [2.24, 2.45) is 0 Å². The number of anilines is 1. The minimum absolute atomic E-state index is 0.00911. The molecule has 184 valence electrons. The molecule has 1 aromatic heterocycles. The van der Waals surface area contributed by atoms with E-state index in [0.717, 1.165) is 41.1 Å². The number of aryl methyl sites for hydroxylation is 2. The minimum atomic E-state index is -4.57. The van der Waals surface area contributed by atoms with E-state index in [1.165, 1.54) is 16.3 Å². The van der Waals surface area contributed by atoms with Crippen molar-refractivity contribution in [2.75, 3.05) is 11.1 Å². The molecule has 0 bridgehead atoms. The highest BCUT2D eigenvalue weighted by Gasteiger charge is 2.31. The van der Waals surface area contributed by atoms with Gasteiger partial charge >= 0.3 is 6.18 Å². The first-order valence-electron chi connectivity index (χ1n) is 10.6. The van der Waals surface area contributed by atoms with Crippen LogP contribution in [0.15, 0.2) is 51.2 Å². The third-order valence-electron chi connectivity index (χ3n) is 5.25. The molecule has 35 heavy (non-hydrogen) atoms. The van der Waals surface area contributed by atoms with Crippen molar-refractivity contribution in [3.8, 4) is 5.69 Å². The summed E-state index contributed by atoms with van der Waals surface area (Å²) in [6, 6.07) is 8.47. The molecule has 0 fully saturated rings. The Kier molecular flexibility index (Phi) is 7.26. The van der Waals surface area contributed by atoms with E-state index in [1.54, 1.807) is 0 Å². The van der Waals surface area contributed by atoms with Crippen LogP contribution in [0, 0.1) is 13.8 Å². The summed E-state index contributed by atoms with van der Waals surface area (Å²) >= 11 is 8.52. The number of fused-ring (bicyclic) bond motifs is 1. The van der Waals surface area contributed by atoms with Crippen LogP contribution in [0.25, 0.3) is 5.69 Å². The summed E-state index contributed by atoms with van der Waals surface area (Å²) in [6.45, 7) is 5.88. The molecule has 0 radical (unpaired) electrons. The third-order valence-corrected chi connectivity index (χ3v) is 7.73. The van der Waals surface area contributed by atoms with Crippen LogP contribution in [-0.4, -0.2) is 26.5 Å². The van der Waals surface area contributed by atoms with Crippen LogP contribution in [-0.2, 0) is 17.4 Å². The fourth-order valence-electron chi connectivity index (χ4n) is 3.82. The van der Waals surface area contributed by atoms with Crippen molar-refractivity contribution < 1.29 is 18.0 Å². The molecule has 4 rings (SSSR count). The van der Waals surface area contributed by atoms with Gasteiger partial charge in [0.1, 0.15) is 0 Å². The Morgan fingerprint density at radius 2 is 1.91 bits per heavy atom. The monoisotopic (exact) mass is 539 g/mol. The summed E-state index contributed by atoms with van der Waals surface area (Å²) < 4.78 is 40.6. The molecule has 0 saturated carbocycles. The molecule has 1 atom stereocenters. The molecule has 1 N–H and O–H groups in total. The summed E-state index contributed by atoms with van der Waals surface area (Å²) in [7, 11) is 0. The Balaban J connectivity index is 1.64. The molecule has 0 saturated heterocycles. The summed E-state index contributed by atoms with van der Waals surface area (Å²) in [5, 5.41) is 2.98. The van der Waals surface area contributed by atoms with Gasteiger partial charge in [-0.3, -0.25) is 14.2 Å². The number of aromatic nitrogens is 2. The average molecular weight is 540 g/mol. The van der Waals surface area contributed by atoms with E-state index in [1.807, 2.05) is 39.0 Å². The fraction of sp³-hybridized carbons (Fsp3) is 0.292. The molecule has 2 heterocycles. The molecule has 5 nitrogen and oxygen atoms in total. The number of halogens is 4. The topological polar surface area (TPSA) is 64.0 Å². The molecule has 11 heteroatoms. The van der Waals surface area contributed by atoms with Crippen LogP contribution < -0.4 is 10.9 Å². The van der Waals surface area contributed by atoms with Crippen LogP contribution in [0.1, 0.15) is 29.3 Å². The number of carbonyl (C=O) groups excluding carboxylic acids is 1. The molecule has 1 amide bonds. The third kappa shape index (κ3) is 5.70. The number of amides is 1. The lowest BCUT2D eigenvalue weighted by molar-refractivity contribution is -0.137. The van der Waals surface area contributed by atoms with Crippen molar-refractivity contribution >= 4 is 46.7 Å². The normalized spacial score (nSPS) is 15.2. The second kappa shape index (κ2) is 9.91. The molecule has 3 aromatic rings. The van der Waals surface area contributed by atoms with Gasteiger partial charge in [-0.25, -0.2) is 4.98 Å². The van der Waals surface area contributed by atoms with E-state index in [0.29, 0.717) is 27.9 Å². The first-order valence-corrected chi connectivity index (χ1v) is 12.9. The van der Waals surface area contributed by atoms with Crippen molar-refractivity contribution in [1.29, 1.82) is 0 Å². The quantitative estimate of drug-likeness (QED) is 0.305. The summed E-state index contributed by atoms with van der Waals surface area (Å²) in [4.78, 5) is 31.4. The highest BCUT2D eigenvalue weighted by Crippen LogP contribution is 2.36. The molecule has 1 aliphatic rings. The first-order chi connectivity index (χ1) is 16.4. The Morgan fingerprint density at radius 1 is 1.23 bits per heavy atom. The van der Waals surface area contributed by atoms with E-state index in [-0.39, 0.29) is 27.3 Å². The molecular weight excluding hydrogens is 519 g/mol. The predicted molar refractivity (Wildman–Crippen MR) is 134 cm³/mol. The largest absolute Gasteiger partial charge is 0.416 e. The Labute approximate surface area is 213 Å². The lowest BCUT2D eigenvalue weighted by atomic mass is 10.1. The Morgan fingerprint density at radius 3 is 2.57 bits per heavy atom. The maximum atomic E-state index is 13.4. The Bertz CT molecular complexity index is 1360. The van der Waals surface area contributed by atoms with Gasteiger partial charge in [-0.15, -0.1) is 11.8 Å². The Hall–Kier alpha value is -2.43. The molecule has 0 spiro atoms. The van der Waals surface area contributed by atoms with Crippen molar-refractivity contribution in [2.45, 2.75) is 48.7 Å². The number of hydrogen-bond donors (Lipinski definition) is 1. The zero-order chi connectivity index (χ0) is 25.5. The lowest BCUT2D eigenvalue weighted by Gasteiger charge is -2.15. The number of carbonyl (C=O) groups is 1. The van der Waals surface area contributed by atoms with Gasteiger partial charge in [0.25, 0.3) is 5.56 Å². The van der Waals surface area contributed by atoms with Gasteiger partial charge in [0, 0.05) is 11.7 Å². The molecule has 0 aliphatic carbocycles. The second-order valence-electron chi connectivity index (χ2n) is 8.32. The highest BCUT2D eigenvalue weighted by molar-refractivity contribution is 8.00. The molecule has 1 aliphatic heterocycles. The van der Waals surface area contributed by atoms with Gasteiger partial charge in [0.2, 0.25) is 5.91 Å². The van der Waals surface area contributed by atoms with Crippen LogP contribution >= 0.6 is 35.1 Å². The maximum Gasteiger partial charge on any atom is 0.416 e. The summed E-state index contributed by atoms with van der Waals surface area (Å²) in [5.41, 5.74) is 2.04. The van der Waals surface area contributed by atoms with E-state index in [2.05, 4.69) is 5.32 Å². The maximum absolute atomic E-state index is 13.4. The van der Waals surface area contributed by atoms with Gasteiger partial charge in [0.15, 0.2) is 5.16 Å². The number of hydrogen-bond acceptors (Lipinski definition) is 5. The van der Waals surface area contributed by atoms with Crippen molar-refractivity contribution in [1.82, 2.24) is 9.55 Å². The summed E-state index contributed by atoms with van der Waals surface area (Å²) in [6.07, 6.45) is -3.92. The number of benzene rings is 2. The zero-order valence-electron chi connectivity index (χ0n) is 19.0. The second-order valence-corrected chi connectivity index (χ2v) is 11.1. The standard InChI is InChI=1S/C24H21ClF3N3O2S2/c1-12-6-13(2)8-16(7-12)31-22(33)21-19(9-14(3)35-21)30-23(31)34-11-20(32)29-18-10-15(24(26,27)28)4-5-17(18)25/h4-8,10,14H,9,11H2,1-3H3,(H,29,32)/t14-/m0/s1. The molecule has 2 aromatic carbocycles. The highest BCUT2D eigenvalue weighted by atomic mass is 35.5. The zero-order valence-corrected chi connectivity index (χ0v) is 21.4. The van der Waals surface area contributed by atoms with Gasteiger partial charge in [-0.05, 0) is 55.3 Å². The first kappa shape index (κ1) is 25.7. The van der Waals surface area contributed by atoms with Gasteiger partial charge < -0.3 is 5.32 Å².